The Morgan fingerprint density at radius 3 is 2.69 bits per heavy atom. The second-order valence-corrected chi connectivity index (χ2v) is 9.30. The number of hydrogen-bond acceptors (Lipinski definition) is 7. The minimum atomic E-state index is -4.11. The van der Waals surface area contributed by atoms with Crippen LogP contribution in [0.1, 0.15) is 0 Å². The van der Waals surface area contributed by atoms with Gasteiger partial charge < -0.3 is 19.9 Å². The van der Waals surface area contributed by atoms with Crippen molar-refractivity contribution in [1.82, 2.24) is 9.46 Å². The van der Waals surface area contributed by atoms with Crippen LogP contribution >= 0.6 is 11.6 Å². The molecule has 1 aliphatic rings. The molecule has 0 saturated heterocycles. The first-order chi connectivity index (χ1) is 15.2. The highest BCUT2D eigenvalue weighted by Crippen LogP contribution is 2.36. The van der Waals surface area contributed by atoms with E-state index in [1.165, 1.54) is 25.4 Å². The van der Waals surface area contributed by atoms with E-state index in [2.05, 4.69) is 15.8 Å². The fourth-order valence-electron chi connectivity index (χ4n) is 3.02. The molecule has 2 N–H and O–H groups in total. The van der Waals surface area contributed by atoms with E-state index in [1.807, 2.05) is 0 Å². The summed E-state index contributed by atoms with van der Waals surface area (Å²) in [5, 5.41) is 8.73. The highest BCUT2D eigenvalue weighted by atomic mass is 35.5. The van der Waals surface area contributed by atoms with Crippen LogP contribution in [0.4, 0.5) is 11.4 Å². The molecule has 0 radical (unpaired) electrons. The van der Waals surface area contributed by atoms with E-state index in [-0.39, 0.29) is 33.9 Å². The molecule has 32 heavy (non-hydrogen) atoms. The van der Waals surface area contributed by atoms with Gasteiger partial charge in [0.1, 0.15) is 10.6 Å². The molecular weight excluding hydrogens is 460 g/mol. The largest absolute Gasteiger partial charge is 0.482 e. The molecule has 0 saturated carbocycles. The molecule has 0 unspecified atom stereocenters. The molecular formula is C20H17ClN4O6S. The number of halogens is 1. The summed E-state index contributed by atoms with van der Waals surface area (Å²) in [5.74, 6) is -0.149. The predicted molar refractivity (Wildman–Crippen MR) is 116 cm³/mol. The fraction of sp³-hybridized carbons (Fsp3) is 0.150. The quantitative estimate of drug-likeness (QED) is 0.559. The number of sulfonamides is 1. The van der Waals surface area contributed by atoms with Crippen molar-refractivity contribution in [3.05, 3.63) is 53.7 Å². The van der Waals surface area contributed by atoms with Crippen molar-refractivity contribution in [2.45, 2.75) is 4.90 Å². The maximum atomic E-state index is 13.0. The van der Waals surface area contributed by atoms with Gasteiger partial charge in [0.15, 0.2) is 12.4 Å². The van der Waals surface area contributed by atoms with Crippen LogP contribution in [-0.2, 0) is 19.6 Å². The Morgan fingerprint density at radius 1 is 1.25 bits per heavy atom. The number of nitrogens with one attached hydrogen (secondary N) is 2. The molecule has 4 rings (SSSR count). The molecule has 10 nitrogen and oxygen atoms in total. The molecule has 0 fully saturated rings. The van der Waals surface area contributed by atoms with Crippen molar-refractivity contribution < 1.29 is 27.3 Å². The Balaban J connectivity index is 1.45. The Bertz CT molecular complexity index is 1280. The normalized spacial score (nSPS) is 13.3. The zero-order valence-electron chi connectivity index (χ0n) is 16.7. The molecule has 0 atom stereocenters. The van der Waals surface area contributed by atoms with Gasteiger partial charge in [0.2, 0.25) is 15.9 Å². The number of rotatable bonds is 6. The highest BCUT2D eigenvalue weighted by molar-refractivity contribution is 7.89. The number of fused-ring (bicyclic) bond motifs is 1. The number of nitrogens with zero attached hydrogens (tertiary/aromatic N) is 2. The lowest BCUT2D eigenvalue weighted by Gasteiger charge is -2.22. The van der Waals surface area contributed by atoms with Gasteiger partial charge in [0.25, 0.3) is 5.91 Å². The van der Waals surface area contributed by atoms with E-state index in [4.69, 9.17) is 20.9 Å². The molecule has 2 heterocycles. The summed E-state index contributed by atoms with van der Waals surface area (Å²) in [7, 11) is -2.85. The smallest absolute Gasteiger partial charge is 0.262 e. The van der Waals surface area contributed by atoms with Crippen LogP contribution < -0.4 is 15.4 Å². The Hall–Kier alpha value is -3.41. The minimum Gasteiger partial charge on any atom is -0.482 e. The summed E-state index contributed by atoms with van der Waals surface area (Å²) < 4.78 is 37.1. The Kier molecular flexibility index (Phi) is 5.87. The van der Waals surface area contributed by atoms with Crippen molar-refractivity contribution in [3.63, 3.8) is 0 Å². The third-order valence-corrected chi connectivity index (χ3v) is 6.88. The number of aromatic nitrogens is 1. The molecule has 2 amide bonds. The number of carbonyl (C=O) groups is 2. The molecule has 1 aliphatic heterocycles. The van der Waals surface area contributed by atoms with Crippen molar-refractivity contribution >= 4 is 44.8 Å². The van der Waals surface area contributed by atoms with Crippen molar-refractivity contribution in [2.24, 2.45) is 0 Å². The van der Waals surface area contributed by atoms with Crippen LogP contribution in [0.3, 0.4) is 0 Å². The zero-order valence-corrected chi connectivity index (χ0v) is 18.2. The van der Waals surface area contributed by atoms with E-state index in [0.717, 1.165) is 9.87 Å². The van der Waals surface area contributed by atoms with Gasteiger partial charge in [-0.05, 0) is 30.3 Å². The lowest BCUT2D eigenvalue weighted by molar-refractivity contribution is -0.118. The van der Waals surface area contributed by atoms with Gasteiger partial charge in [0, 0.05) is 30.4 Å². The first-order valence-corrected chi connectivity index (χ1v) is 11.1. The van der Waals surface area contributed by atoms with Crippen LogP contribution in [0.25, 0.3) is 11.3 Å². The third kappa shape index (κ3) is 4.44. The lowest BCUT2D eigenvalue weighted by atomic mass is 10.1. The average molecular weight is 477 g/mol. The van der Waals surface area contributed by atoms with Gasteiger partial charge in [0.05, 0.1) is 23.5 Å². The topological polar surface area (TPSA) is 131 Å². The van der Waals surface area contributed by atoms with E-state index in [9.17, 15) is 18.0 Å². The van der Waals surface area contributed by atoms with Crippen LogP contribution in [-0.4, -0.2) is 49.9 Å². The summed E-state index contributed by atoms with van der Waals surface area (Å²) in [6.07, 6.45) is 1.53. The number of likely N-dealkylation sites (N-methyl/N-ethyl adjacent to an activating group) is 1. The van der Waals surface area contributed by atoms with E-state index < -0.39 is 22.5 Å². The summed E-state index contributed by atoms with van der Waals surface area (Å²) in [4.78, 5) is 23.6. The van der Waals surface area contributed by atoms with Gasteiger partial charge >= 0.3 is 0 Å². The molecule has 0 bridgehead atoms. The standard InChI is InChI=1S/C20H17ClN4O6S/c1-25(10-19(26)23-13-4-2-12(3-5-13)16-6-7-22-31-16)32(28,29)18-9-17-15(8-14(18)21)24-20(27)11-30-17/h2-9H,10-11H2,1H3,(H,23,26)(H,24,27). The second-order valence-electron chi connectivity index (χ2n) is 6.88. The second kappa shape index (κ2) is 8.61. The maximum absolute atomic E-state index is 13.0. The SMILES string of the molecule is CN(CC(=O)Nc1ccc(-c2ccno2)cc1)S(=O)(=O)c1cc2c(cc1Cl)NC(=O)CO2. The van der Waals surface area contributed by atoms with Gasteiger partial charge in [-0.15, -0.1) is 0 Å². The fourth-order valence-corrected chi connectivity index (χ4v) is 4.66. The third-order valence-electron chi connectivity index (χ3n) is 4.61. The van der Waals surface area contributed by atoms with Crippen molar-refractivity contribution in [2.75, 3.05) is 30.8 Å². The number of amides is 2. The number of carbonyl (C=O) groups excluding carboxylic acids is 2. The Morgan fingerprint density at radius 2 is 2.00 bits per heavy atom. The van der Waals surface area contributed by atoms with Gasteiger partial charge in [-0.1, -0.05) is 16.8 Å². The summed E-state index contributed by atoms with van der Waals surface area (Å²) in [6.45, 7) is -0.682. The zero-order chi connectivity index (χ0) is 22.9. The first-order valence-electron chi connectivity index (χ1n) is 9.27. The molecule has 1 aromatic heterocycles. The number of anilines is 2. The minimum absolute atomic E-state index is 0.107. The van der Waals surface area contributed by atoms with E-state index in [0.29, 0.717) is 11.4 Å². The number of benzene rings is 2. The summed E-state index contributed by atoms with van der Waals surface area (Å²) in [6, 6.07) is 11.0. The average Bonchev–Trinajstić information content (AvgIpc) is 3.28. The van der Waals surface area contributed by atoms with Crippen LogP contribution in [0.2, 0.25) is 5.02 Å². The van der Waals surface area contributed by atoms with E-state index >= 15 is 0 Å². The van der Waals surface area contributed by atoms with Crippen molar-refractivity contribution in [3.8, 4) is 17.1 Å². The first kappa shape index (κ1) is 21.8. The molecule has 12 heteroatoms. The molecule has 0 aliphatic carbocycles. The van der Waals surface area contributed by atoms with Crippen LogP contribution in [0, 0.1) is 0 Å². The molecule has 3 aromatic rings. The summed E-state index contributed by atoms with van der Waals surface area (Å²) >= 11 is 6.14. The monoisotopic (exact) mass is 476 g/mol. The molecule has 2 aromatic carbocycles. The number of ether oxygens (including phenoxy) is 1. The van der Waals surface area contributed by atoms with Gasteiger partial charge in [-0.2, -0.15) is 4.31 Å². The van der Waals surface area contributed by atoms with Gasteiger partial charge in [-0.3, -0.25) is 9.59 Å². The van der Waals surface area contributed by atoms with E-state index in [1.54, 1.807) is 30.3 Å². The maximum Gasteiger partial charge on any atom is 0.262 e. The summed E-state index contributed by atoms with van der Waals surface area (Å²) in [5.41, 5.74) is 1.54. The van der Waals surface area contributed by atoms with Gasteiger partial charge in [-0.25, -0.2) is 8.42 Å². The Labute approximate surface area is 188 Å². The number of hydrogen-bond donors (Lipinski definition) is 2. The van der Waals surface area contributed by atoms with Crippen molar-refractivity contribution in [1.29, 1.82) is 0 Å². The highest BCUT2D eigenvalue weighted by Gasteiger charge is 2.28. The molecule has 166 valence electrons. The molecule has 0 spiro atoms. The predicted octanol–water partition coefficient (Wildman–Crippen LogP) is 2.59. The van der Waals surface area contributed by atoms with Crippen LogP contribution in [0.15, 0.2) is 58.1 Å². The van der Waals surface area contributed by atoms with Crippen LogP contribution in [0.5, 0.6) is 5.75 Å². The lowest BCUT2D eigenvalue weighted by Crippen LogP contribution is -2.35.